The number of benzene rings is 1. The van der Waals surface area contributed by atoms with E-state index in [2.05, 4.69) is 9.71 Å². The molecular formula is C13H12ClN3O2S2. The van der Waals surface area contributed by atoms with E-state index in [1.54, 1.807) is 24.5 Å². The van der Waals surface area contributed by atoms with Crippen LogP contribution in [0.15, 0.2) is 47.6 Å². The average molecular weight is 342 g/mol. The number of aromatic nitrogens is 1. The van der Waals surface area contributed by atoms with Gasteiger partial charge in [0.2, 0.25) is 10.0 Å². The van der Waals surface area contributed by atoms with Crippen LogP contribution in [0.2, 0.25) is 5.02 Å². The Kier molecular flexibility index (Phi) is 4.89. The van der Waals surface area contributed by atoms with Crippen molar-refractivity contribution in [3.05, 3.63) is 58.9 Å². The predicted molar refractivity (Wildman–Crippen MR) is 85.6 cm³/mol. The Morgan fingerprint density at radius 1 is 1.38 bits per heavy atom. The highest BCUT2D eigenvalue weighted by Crippen LogP contribution is 2.21. The number of nitrogens with zero attached hydrogens (tertiary/aromatic N) is 1. The molecule has 110 valence electrons. The van der Waals surface area contributed by atoms with Gasteiger partial charge in [0.05, 0.1) is 9.92 Å². The van der Waals surface area contributed by atoms with Crippen LogP contribution in [0.1, 0.15) is 11.1 Å². The van der Waals surface area contributed by atoms with E-state index in [0.717, 1.165) is 5.56 Å². The number of sulfonamides is 1. The molecule has 0 atom stereocenters. The van der Waals surface area contributed by atoms with Crippen molar-refractivity contribution in [3.8, 4) is 0 Å². The summed E-state index contributed by atoms with van der Waals surface area (Å²) >= 11 is 10.8. The summed E-state index contributed by atoms with van der Waals surface area (Å²) in [6.07, 6.45) is 3.21. The van der Waals surface area contributed by atoms with Gasteiger partial charge in [-0.15, -0.1) is 0 Å². The van der Waals surface area contributed by atoms with Crippen molar-refractivity contribution >= 4 is 38.8 Å². The van der Waals surface area contributed by atoms with Crippen LogP contribution in [0.4, 0.5) is 0 Å². The lowest BCUT2D eigenvalue weighted by atomic mass is 10.2. The lowest BCUT2D eigenvalue weighted by molar-refractivity contribution is 0.581. The molecule has 1 aromatic carbocycles. The molecule has 0 aliphatic rings. The maximum atomic E-state index is 12.2. The standard InChI is InChI=1S/C13H12ClN3O2S2/c14-12-6-10(3-4-11(12)13(15)20)21(18,19)17-8-9-2-1-5-16-7-9/h1-7,17H,8H2,(H2,15,20). The van der Waals surface area contributed by atoms with E-state index in [4.69, 9.17) is 29.6 Å². The summed E-state index contributed by atoms with van der Waals surface area (Å²) in [6, 6.07) is 7.73. The largest absolute Gasteiger partial charge is 0.389 e. The monoisotopic (exact) mass is 341 g/mol. The van der Waals surface area contributed by atoms with E-state index in [1.165, 1.54) is 18.2 Å². The lowest BCUT2D eigenvalue weighted by Crippen LogP contribution is -2.23. The van der Waals surface area contributed by atoms with Crippen LogP contribution in [0.3, 0.4) is 0 Å². The van der Waals surface area contributed by atoms with Crippen molar-refractivity contribution in [2.75, 3.05) is 0 Å². The molecule has 1 heterocycles. The molecule has 1 aromatic heterocycles. The summed E-state index contributed by atoms with van der Waals surface area (Å²) in [5, 5.41) is 0.201. The summed E-state index contributed by atoms with van der Waals surface area (Å²) in [4.78, 5) is 4.09. The third kappa shape index (κ3) is 3.98. The van der Waals surface area contributed by atoms with E-state index in [1.807, 2.05) is 0 Å². The van der Waals surface area contributed by atoms with Crippen molar-refractivity contribution < 1.29 is 8.42 Å². The molecule has 2 aromatic rings. The Labute approximate surface area is 133 Å². The number of nitrogens with two attached hydrogens (primary N) is 1. The fourth-order valence-corrected chi connectivity index (χ4v) is 3.25. The van der Waals surface area contributed by atoms with Crippen molar-refractivity contribution in [3.63, 3.8) is 0 Å². The summed E-state index contributed by atoms with van der Waals surface area (Å²) < 4.78 is 26.8. The van der Waals surface area contributed by atoms with Crippen LogP contribution in [-0.4, -0.2) is 18.4 Å². The quantitative estimate of drug-likeness (QED) is 0.811. The Morgan fingerprint density at radius 2 is 2.14 bits per heavy atom. The van der Waals surface area contributed by atoms with E-state index >= 15 is 0 Å². The molecule has 0 amide bonds. The second-order valence-electron chi connectivity index (χ2n) is 4.19. The summed E-state index contributed by atoms with van der Waals surface area (Å²) in [6.45, 7) is 0.144. The highest BCUT2D eigenvalue weighted by Gasteiger charge is 2.16. The van der Waals surface area contributed by atoms with Crippen LogP contribution in [-0.2, 0) is 16.6 Å². The molecule has 0 spiro atoms. The van der Waals surface area contributed by atoms with Crippen molar-refractivity contribution in [2.45, 2.75) is 11.4 Å². The molecule has 0 radical (unpaired) electrons. The molecule has 0 unspecified atom stereocenters. The molecule has 0 saturated carbocycles. The smallest absolute Gasteiger partial charge is 0.240 e. The third-order valence-corrected chi connectivity index (χ3v) is 4.64. The maximum absolute atomic E-state index is 12.2. The number of halogens is 1. The third-order valence-electron chi connectivity index (χ3n) is 2.71. The molecule has 0 fully saturated rings. The lowest BCUT2D eigenvalue weighted by Gasteiger charge is -2.09. The Morgan fingerprint density at radius 3 is 2.71 bits per heavy atom. The molecule has 21 heavy (non-hydrogen) atoms. The first kappa shape index (κ1) is 15.8. The highest BCUT2D eigenvalue weighted by atomic mass is 35.5. The van der Waals surface area contributed by atoms with Gasteiger partial charge in [-0.2, -0.15) is 0 Å². The SMILES string of the molecule is NC(=S)c1ccc(S(=O)(=O)NCc2cccnc2)cc1Cl. The zero-order valence-corrected chi connectivity index (χ0v) is 13.2. The first-order valence-corrected chi connectivity index (χ1v) is 8.15. The number of thiocarbonyl (C=S) groups is 1. The van der Waals surface area contributed by atoms with Crippen molar-refractivity contribution in [1.82, 2.24) is 9.71 Å². The Hall–Kier alpha value is -1.54. The number of pyridine rings is 1. The van der Waals surface area contributed by atoms with Crippen LogP contribution in [0.25, 0.3) is 0 Å². The molecule has 0 saturated heterocycles. The normalized spacial score (nSPS) is 11.3. The molecule has 2 rings (SSSR count). The van der Waals surface area contributed by atoms with Gasteiger partial charge < -0.3 is 5.73 Å². The van der Waals surface area contributed by atoms with Gasteiger partial charge in [-0.05, 0) is 29.8 Å². The minimum atomic E-state index is -3.67. The van der Waals surface area contributed by atoms with Gasteiger partial charge in [0, 0.05) is 24.5 Å². The van der Waals surface area contributed by atoms with Gasteiger partial charge in [0.25, 0.3) is 0 Å². The van der Waals surface area contributed by atoms with Crippen LogP contribution in [0.5, 0.6) is 0 Å². The van der Waals surface area contributed by atoms with E-state index in [0.29, 0.717) is 5.56 Å². The van der Waals surface area contributed by atoms with Gasteiger partial charge in [0.1, 0.15) is 4.99 Å². The van der Waals surface area contributed by atoms with Gasteiger partial charge in [0.15, 0.2) is 0 Å². The van der Waals surface area contributed by atoms with Crippen LogP contribution < -0.4 is 10.5 Å². The average Bonchev–Trinajstić information content (AvgIpc) is 2.46. The van der Waals surface area contributed by atoms with Crippen molar-refractivity contribution in [1.29, 1.82) is 0 Å². The van der Waals surface area contributed by atoms with Gasteiger partial charge in [-0.25, -0.2) is 13.1 Å². The molecule has 0 aliphatic heterocycles. The zero-order valence-electron chi connectivity index (χ0n) is 10.8. The van der Waals surface area contributed by atoms with Crippen LogP contribution in [0, 0.1) is 0 Å². The summed E-state index contributed by atoms with van der Waals surface area (Å²) in [5.41, 5.74) is 6.68. The van der Waals surface area contributed by atoms with Gasteiger partial charge in [-0.3, -0.25) is 4.98 Å². The zero-order chi connectivity index (χ0) is 15.5. The van der Waals surface area contributed by atoms with E-state index < -0.39 is 10.0 Å². The van der Waals surface area contributed by atoms with Crippen LogP contribution >= 0.6 is 23.8 Å². The molecule has 5 nitrogen and oxygen atoms in total. The Bertz CT molecular complexity index is 764. The fourth-order valence-electron chi connectivity index (χ4n) is 1.63. The fraction of sp³-hybridized carbons (Fsp3) is 0.0769. The number of nitrogens with one attached hydrogen (secondary N) is 1. The first-order valence-electron chi connectivity index (χ1n) is 5.88. The minimum absolute atomic E-state index is 0.0522. The van der Waals surface area contributed by atoms with E-state index in [9.17, 15) is 8.42 Å². The topological polar surface area (TPSA) is 85.1 Å². The summed E-state index contributed by atoms with van der Waals surface area (Å²) in [5.74, 6) is 0. The molecular weight excluding hydrogens is 330 g/mol. The highest BCUT2D eigenvalue weighted by molar-refractivity contribution is 7.89. The molecule has 0 bridgehead atoms. The van der Waals surface area contributed by atoms with Crippen molar-refractivity contribution in [2.24, 2.45) is 5.73 Å². The molecule has 8 heteroatoms. The predicted octanol–water partition coefficient (Wildman–Crippen LogP) is 1.85. The summed E-state index contributed by atoms with van der Waals surface area (Å²) in [7, 11) is -3.67. The van der Waals surface area contributed by atoms with E-state index in [-0.39, 0.29) is 21.5 Å². The number of rotatable bonds is 5. The second-order valence-corrected chi connectivity index (χ2v) is 6.81. The number of hydrogen-bond donors (Lipinski definition) is 2. The molecule has 3 N–H and O–H groups in total. The first-order chi connectivity index (χ1) is 9.90. The molecule has 0 aliphatic carbocycles. The second kappa shape index (κ2) is 6.48. The minimum Gasteiger partial charge on any atom is -0.389 e. The van der Waals surface area contributed by atoms with Gasteiger partial charge in [-0.1, -0.05) is 29.9 Å². The maximum Gasteiger partial charge on any atom is 0.240 e. The number of hydrogen-bond acceptors (Lipinski definition) is 4. The van der Waals surface area contributed by atoms with Gasteiger partial charge >= 0.3 is 0 Å². The Balaban J connectivity index is 2.20.